The Kier molecular flexibility index (Phi) is 4.97. The molecule has 5 nitrogen and oxygen atoms in total. The molecule has 0 spiro atoms. The lowest BCUT2D eigenvalue weighted by molar-refractivity contribution is -0.197. The highest BCUT2D eigenvalue weighted by atomic mass is 16.7. The number of hydrogen-bond acceptors (Lipinski definition) is 4. The summed E-state index contributed by atoms with van der Waals surface area (Å²) in [6, 6.07) is 0.160. The first kappa shape index (κ1) is 13.8. The maximum Gasteiger partial charge on any atom is 0.256 e. The quantitative estimate of drug-likeness (QED) is 0.487. The maximum atomic E-state index is 11.9. The van der Waals surface area contributed by atoms with Crippen LogP contribution in [0.15, 0.2) is 0 Å². The van der Waals surface area contributed by atoms with Crippen molar-refractivity contribution < 1.29 is 19.0 Å². The third kappa shape index (κ3) is 2.84. The van der Waals surface area contributed by atoms with E-state index in [9.17, 15) is 4.79 Å². The third-order valence-electron chi connectivity index (χ3n) is 4.01. The lowest BCUT2D eigenvalue weighted by Gasteiger charge is -2.46. The fraction of sp³-hybridized carbons (Fsp3) is 0.923. The number of likely N-dealkylation sites (tertiary alicyclic amines) is 1. The van der Waals surface area contributed by atoms with Crippen molar-refractivity contribution in [3.05, 3.63) is 0 Å². The molecule has 5 heteroatoms. The summed E-state index contributed by atoms with van der Waals surface area (Å²) in [5.41, 5.74) is 0. The van der Waals surface area contributed by atoms with E-state index in [0.29, 0.717) is 6.73 Å². The van der Waals surface area contributed by atoms with Crippen LogP contribution >= 0.6 is 0 Å². The summed E-state index contributed by atoms with van der Waals surface area (Å²) in [4.78, 5) is 13.6. The van der Waals surface area contributed by atoms with Crippen molar-refractivity contribution in [1.82, 2.24) is 4.90 Å². The van der Waals surface area contributed by atoms with Crippen molar-refractivity contribution in [3.8, 4) is 0 Å². The van der Waals surface area contributed by atoms with E-state index in [0.717, 1.165) is 12.3 Å². The van der Waals surface area contributed by atoms with Gasteiger partial charge in [0.1, 0.15) is 13.5 Å². The highest BCUT2D eigenvalue weighted by Gasteiger charge is 2.48. The summed E-state index contributed by atoms with van der Waals surface area (Å²) in [5.74, 6) is 0.876. The first-order valence-corrected chi connectivity index (χ1v) is 6.68. The molecule has 1 amide bonds. The largest absolute Gasteiger partial charge is 0.364 e. The third-order valence-corrected chi connectivity index (χ3v) is 4.01. The summed E-state index contributed by atoms with van der Waals surface area (Å²) >= 11 is 0. The maximum absolute atomic E-state index is 11.9. The van der Waals surface area contributed by atoms with Gasteiger partial charge < -0.3 is 19.1 Å². The summed E-state index contributed by atoms with van der Waals surface area (Å²) < 4.78 is 15.4. The summed E-state index contributed by atoms with van der Waals surface area (Å²) in [5, 5.41) is 0. The van der Waals surface area contributed by atoms with Crippen LogP contribution in [0.1, 0.15) is 32.1 Å². The van der Waals surface area contributed by atoms with Gasteiger partial charge in [-0.2, -0.15) is 0 Å². The van der Waals surface area contributed by atoms with E-state index in [1.165, 1.54) is 25.7 Å². The number of β-lactam (4-membered cyclic amide) rings is 1. The SMILES string of the molecule is COCOC1C(=O)N(COC)C1CCC1CCC1. The normalized spacial score (nSPS) is 28.1. The Labute approximate surface area is 108 Å². The van der Waals surface area contributed by atoms with Gasteiger partial charge in [0.2, 0.25) is 0 Å². The molecule has 0 radical (unpaired) electrons. The molecule has 2 unspecified atom stereocenters. The van der Waals surface area contributed by atoms with Crippen LogP contribution in [0.25, 0.3) is 0 Å². The van der Waals surface area contributed by atoms with Gasteiger partial charge in [-0.05, 0) is 18.8 Å². The van der Waals surface area contributed by atoms with Crippen LogP contribution in [-0.2, 0) is 19.0 Å². The molecule has 0 bridgehead atoms. The first-order valence-electron chi connectivity index (χ1n) is 6.68. The topological polar surface area (TPSA) is 48.0 Å². The van der Waals surface area contributed by atoms with Crippen molar-refractivity contribution in [1.29, 1.82) is 0 Å². The Hall–Kier alpha value is -0.650. The monoisotopic (exact) mass is 257 g/mol. The number of amides is 1. The lowest BCUT2D eigenvalue weighted by atomic mass is 9.79. The average molecular weight is 257 g/mol. The highest BCUT2D eigenvalue weighted by molar-refractivity contribution is 5.88. The minimum Gasteiger partial charge on any atom is -0.364 e. The second kappa shape index (κ2) is 6.50. The van der Waals surface area contributed by atoms with Gasteiger partial charge in [-0.3, -0.25) is 4.79 Å². The molecule has 1 saturated heterocycles. The predicted molar refractivity (Wildman–Crippen MR) is 65.8 cm³/mol. The van der Waals surface area contributed by atoms with Crippen LogP contribution in [0.2, 0.25) is 0 Å². The predicted octanol–water partition coefficient (Wildman–Crippen LogP) is 1.37. The van der Waals surface area contributed by atoms with Gasteiger partial charge in [-0.15, -0.1) is 0 Å². The zero-order chi connectivity index (χ0) is 13.0. The molecular weight excluding hydrogens is 234 g/mol. The molecule has 1 heterocycles. The number of carbonyl (C=O) groups is 1. The van der Waals surface area contributed by atoms with Gasteiger partial charge in [0.25, 0.3) is 5.91 Å². The molecule has 2 atom stereocenters. The molecule has 0 aromatic heterocycles. The van der Waals surface area contributed by atoms with Crippen molar-refractivity contribution in [2.24, 2.45) is 5.92 Å². The highest BCUT2D eigenvalue weighted by Crippen LogP contribution is 2.34. The Morgan fingerprint density at radius 2 is 2.00 bits per heavy atom. The fourth-order valence-corrected chi connectivity index (χ4v) is 2.69. The summed E-state index contributed by atoms with van der Waals surface area (Å²) in [6.07, 6.45) is 5.90. The average Bonchev–Trinajstić information content (AvgIpc) is 2.32. The van der Waals surface area contributed by atoms with E-state index >= 15 is 0 Å². The van der Waals surface area contributed by atoms with E-state index in [4.69, 9.17) is 14.2 Å². The van der Waals surface area contributed by atoms with Crippen LogP contribution < -0.4 is 0 Å². The minimum absolute atomic E-state index is 0.0208. The molecule has 2 fully saturated rings. The molecule has 2 aliphatic rings. The molecule has 1 aliphatic heterocycles. The lowest BCUT2D eigenvalue weighted by Crippen LogP contribution is -2.66. The second-order valence-corrected chi connectivity index (χ2v) is 5.16. The molecule has 0 aromatic carbocycles. The van der Waals surface area contributed by atoms with Crippen molar-refractivity contribution in [2.45, 2.75) is 44.2 Å². The molecule has 104 valence electrons. The fourth-order valence-electron chi connectivity index (χ4n) is 2.69. The van der Waals surface area contributed by atoms with Gasteiger partial charge >= 0.3 is 0 Å². The standard InChI is InChI=1S/C13H23NO4/c1-16-8-14-11(7-6-10-4-3-5-10)12(13(14)15)18-9-17-2/h10-12H,3-9H2,1-2H3. The number of hydrogen-bond donors (Lipinski definition) is 0. The van der Waals surface area contributed by atoms with Gasteiger partial charge in [-0.25, -0.2) is 0 Å². The van der Waals surface area contributed by atoms with E-state index in [2.05, 4.69) is 0 Å². The molecule has 18 heavy (non-hydrogen) atoms. The van der Waals surface area contributed by atoms with Gasteiger partial charge in [-0.1, -0.05) is 19.3 Å². The number of methoxy groups -OCH3 is 2. The Balaban J connectivity index is 1.81. The van der Waals surface area contributed by atoms with Crippen molar-refractivity contribution >= 4 is 5.91 Å². The Bertz CT molecular complexity index is 280. The number of carbonyl (C=O) groups excluding carboxylic acids is 1. The molecule has 2 rings (SSSR count). The molecule has 1 saturated carbocycles. The Morgan fingerprint density at radius 3 is 2.56 bits per heavy atom. The Morgan fingerprint density at radius 1 is 1.22 bits per heavy atom. The smallest absolute Gasteiger partial charge is 0.256 e. The van der Waals surface area contributed by atoms with E-state index in [1.807, 2.05) is 0 Å². The van der Waals surface area contributed by atoms with Crippen molar-refractivity contribution in [3.63, 3.8) is 0 Å². The second-order valence-electron chi connectivity index (χ2n) is 5.16. The minimum atomic E-state index is -0.333. The first-order chi connectivity index (χ1) is 8.77. The molecule has 0 N–H and O–H groups in total. The molecule has 1 aliphatic carbocycles. The zero-order valence-electron chi connectivity index (χ0n) is 11.3. The van der Waals surface area contributed by atoms with Crippen LogP contribution in [0.4, 0.5) is 0 Å². The van der Waals surface area contributed by atoms with Gasteiger partial charge in [0, 0.05) is 14.2 Å². The van der Waals surface area contributed by atoms with Crippen LogP contribution in [-0.4, -0.2) is 50.7 Å². The summed E-state index contributed by atoms with van der Waals surface area (Å²) in [7, 11) is 3.18. The number of ether oxygens (including phenoxy) is 3. The zero-order valence-corrected chi connectivity index (χ0v) is 11.3. The van der Waals surface area contributed by atoms with Crippen LogP contribution in [0.5, 0.6) is 0 Å². The number of nitrogens with zero attached hydrogens (tertiary/aromatic N) is 1. The van der Waals surface area contributed by atoms with Crippen LogP contribution in [0.3, 0.4) is 0 Å². The van der Waals surface area contributed by atoms with Crippen molar-refractivity contribution in [2.75, 3.05) is 27.7 Å². The van der Waals surface area contributed by atoms with E-state index in [1.54, 1.807) is 19.1 Å². The molecule has 0 aromatic rings. The van der Waals surface area contributed by atoms with Crippen LogP contribution in [0, 0.1) is 5.92 Å². The van der Waals surface area contributed by atoms with Gasteiger partial charge in [0.15, 0.2) is 6.10 Å². The number of rotatable bonds is 8. The van der Waals surface area contributed by atoms with E-state index < -0.39 is 0 Å². The summed E-state index contributed by atoms with van der Waals surface area (Å²) in [6.45, 7) is 0.540. The van der Waals surface area contributed by atoms with E-state index in [-0.39, 0.29) is 24.8 Å². The van der Waals surface area contributed by atoms with Gasteiger partial charge in [0.05, 0.1) is 6.04 Å². The molecular formula is C13H23NO4.